The van der Waals surface area contributed by atoms with Gasteiger partial charge in [0.1, 0.15) is 5.82 Å². The third kappa shape index (κ3) is 4.46. The Hall–Kier alpha value is -3.74. The van der Waals surface area contributed by atoms with Gasteiger partial charge in [0.25, 0.3) is 5.91 Å². The standard InChI is InChI=1S/C23H22FN3O3/c1-4-30-23(29)17-9-11-19(12-10-17)27-15(2)13-18(16(27)3)14-25-26-22(28)20-7-5-6-8-21(20)24/h5-14H,4H2,1-3H3,(H,26,28)/b25-14-. The molecule has 1 amide bonds. The Morgan fingerprint density at radius 1 is 1.13 bits per heavy atom. The van der Waals surface area contributed by atoms with Gasteiger partial charge in [-0.25, -0.2) is 14.6 Å². The highest BCUT2D eigenvalue weighted by molar-refractivity contribution is 5.95. The number of nitrogens with one attached hydrogen (secondary N) is 1. The van der Waals surface area contributed by atoms with Crippen LogP contribution in [0.1, 0.15) is 44.6 Å². The van der Waals surface area contributed by atoms with Crippen LogP contribution in [0.3, 0.4) is 0 Å². The molecule has 154 valence electrons. The van der Waals surface area contributed by atoms with Gasteiger partial charge in [0, 0.05) is 22.6 Å². The second-order valence-electron chi connectivity index (χ2n) is 6.61. The molecule has 0 aliphatic rings. The van der Waals surface area contributed by atoms with Gasteiger partial charge in [-0.2, -0.15) is 5.10 Å². The molecule has 0 radical (unpaired) electrons. The molecule has 0 aliphatic carbocycles. The van der Waals surface area contributed by atoms with Gasteiger partial charge in [0.05, 0.1) is 23.9 Å². The number of aryl methyl sites for hydroxylation is 1. The van der Waals surface area contributed by atoms with Crippen molar-refractivity contribution in [3.05, 3.63) is 88.5 Å². The van der Waals surface area contributed by atoms with Crippen LogP contribution in [-0.2, 0) is 4.74 Å². The fraction of sp³-hybridized carbons (Fsp3) is 0.174. The summed E-state index contributed by atoms with van der Waals surface area (Å²) in [5, 5.41) is 3.96. The summed E-state index contributed by atoms with van der Waals surface area (Å²) in [6.45, 7) is 5.96. The highest BCUT2D eigenvalue weighted by Crippen LogP contribution is 2.20. The monoisotopic (exact) mass is 407 g/mol. The normalized spacial score (nSPS) is 10.9. The van der Waals surface area contributed by atoms with Crippen molar-refractivity contribution in [2.45, 2.75) is 20.8 Å². The maximum absolute atomic E-state index is 13.7. The zero-order valence-corrected chi connectivity index (χ0v) is 17.0. The Morgan fingerprint density at radius 3 is 2.50 bits per heavy atom. The van der Waals surface area contributed by atoms with Crippen LogP contribution in [0.2, 0.25) is 0 Å². The average Bonchev–Trinajstić information content (AvgIpc) is 3.01. The number of hydrazone groups is 1. The highest BCUT2D eigenvalue weighted by Gasteiger charge is 2.12. The van der Waals surface area contributed by atoms with Crippen molar-refractivity contribution >= 4 is 18.1 Å². The highest BCUT2D eigenvalue weighted by atomic mass is 19.1. The SMILES string of the molecule is CCOC(=O)c1ccc(-n2c(C)cc(/C=N\NC(=O)c3ccccc3F)c2C)cc1. The first-order chi connectivity index (χ1) is 14.4. The molecule has 30 heavy (non-hydrogen) atoms. The van der Waals surface area contributed by atoms with Gasteiger partial charge in [-0.1, -0.05) is 12.1 Å². The number of amides is 1. The molecule has 0 saturated heterocycles. The van der Waals surface area contributed by atoms with Gasteiger partial charge in [-0.15, -0.1) is 0 Å². The lowest BCUT2D eigenvalue weighted by Crippen LogP contribution is -2.18. The Labute approximate surface area is 174 Å². The van der Waals surface area contributed by atoms with Gasteiger partial charge in [-0.3, -0.25) is 4.79 Å². The van der Waals surface area contributed by atoms with E-state index in [4.69, 9.17) is 4.74 Å². The quantitative estimate of drug-likeness (QED) is 0.379. The number of carbonyl (C=O) groups excluding carboxylic acids is 2. The number of benzene rings is 2. The van der Waals surface area contributed by atoms with E-state index >= 15 is 0 Å². The number of esters is 1. The van der Waals surface area contributed by atoms with Crippen LogP contribution in [-0.4, -0.2) is 29.3 Å². The topological polar surface area (TPSA) is 72.7 Å². The zero-order valence-electron chi connectivity index (χ0n) is 17.0. The first-order valence-corrected chi connectivity index (χ1v) is 9.46. The Kier molecular flexibility index (Phi) is 6.41. The second kappa shape index (κ2) is 9.17. The van der Waals surface area contributed by atoms with Crippen molar-refractivity contribution in [3.63, 3.8) is 0 Å². The fourth-order valence-corrected chi connectivity index (χ4v) is 3.14. The van der Waals surface area contributed by atoms with Crippen molar-refractivity contribution in [2.24, 2.45) is 5.10 Å². The summed E-state index contributed by atoms with van der Waals surface area (Å²) in [7, 11) is 0. The summed E-state index contributed by atoms with van der Waals surface area (Å²) in [4.78, 5) is 23.9. The van der Waals surface area contributed by atoms with Crippen molar-refractivity contribution in [1.82, 2.24) is 9.99 Å². The van der Waals surface area contributed by atoms with Crippen LogP contribution >= 0.6 is 0 Å². The van der Waals surface area contributed by atoms with E-state index < -0.39 is 11.7 Å². The molecule has 1 aromatic heterocycles. The van der Waals surface area contributed by atoms with Crippen LogP contribution in [0.5, 0.6) is 0 Å². The third-order valence-corrected chi connectivity index (χ3v) is 4.60. The largest absolute Gasteiger partial charge is 0.462 e. The van der Waals surface area contributed by atoms with Crippen LogP contribution < -0.4 is 5.43 Å². The van der Waals surface area contributed by atoms with E-state index in [-0.39, 0.29) is 11.5 Å². The van der Waals surface area contributed by atoms with Crippen molar-refractivity contribution in [1.29, 1.82) is 0 Å². The van der Waals surface area contributed by atoms with Gasteiger partial charge in [0.2, 0.25) is 0 Å². The van der Waals surface area contributed by atoms with E-state index in [2.05, 4.69) is 10.5 Å². The molecule has 3 rings (SSSR count). The molecule has 6 nitrogen and oxygen atoms in total. The summed E-state index contributed by atoms with van der Waals surface area (Å²) >= 11 is 0. The van der Waals surface area contributed by atoms with E-state index in [0.717, 1.165) is 22.6 Å². The predicted octanol–water partition coefficient (Wildman–Crippen LogP) is 4.17. The second-order valence-corrected chi connectivity index (χ2v) is 6.61. The number of carbonyl (C=O) groups is 2. The predicted molar refractivity (Wildman–Crippen MR) is 113 cm³/mol. The molecule has 0 unspecified atom stereocenters. The number of hydrogen-bond acceptors (Lipinski definition) is 4. The average molecular weight is 407 g/mol. The molecule has 1 heterocycles. The fourth-order valence-electron chi connectivity index (χ4n) is 3.14. The Balaban J connectivity index is 1.77. The Morgan fingerprint density at radius 2 is 1.83 bits per heavy atom. The summed E-state index contributed by atoms with van der Waals surface area (Å²) in [5.41, 5.74) is 6.31. The molecule has 1 N–H and O–H groups in total. The van der Waals surface area contributed by atoms with Crippen molar-refractivity contribution in [2.75, 3.05) is 6.61 Å². The molecular formula is C23H22FN3O3. The van der Waals surface area contributed by atoms with Gasteiger partial charge >= 0.3 is 5.97 Å². The summed E-state index contributed by atoms with van der Waals surface area (Å²) in [6.07, 6.45) is 1.52. The molecule has 0 bridgehead atoms. The minimum atomic E-state index is -0.618. The summed E-state index contributed by atoms with van der Waals surface area (Å²) in [5.74, 6) is -1.58. The molecule has 0 atom stereocenters. The first kappa shape index (κ1) is 21.0. The minimum Gasteiger partial charge on any atom is -0.462 e. The van der Waals surface area contributed by atoms with Crippen LogP contribution in [0.4, 0.5) is 4.39 Å². The molecule has 0 saturated carbocycles. The molecule has 3 aromatic rings. The summed E-state index contributed by atoms with van der Waals surface area (Å²) < 4.78 is 20.7. The minimum absolute atomic E-state index is 0.0678. The number of aromatic nitrogens is 1. The molecule has 0 aliphatic heterocycles. The van der Waals surface area contributed by atoms with Crippen LogP contribution in [0.15, 0.2) is 59.7 Å². The van der Waals surface area contributed by atoms with E-state index in [1.807, 2.05) is 36.6 Å². The smallest absolute Gasteiger partial charge is 0.338 e. The van der Waals surface area contributed by atoms with Crippen molar-refractivity contribution < 1.29 is 18.7 Å². The number of ether oxygens (including phenoxy) is 1. The molecule has 2 aromatic carbocycles. The lowest BCUT2D eigenvalue weighted by molar-refractivity contribution is 0.0526. The van der Waals surface area contributed by atoms with Gasteiger partial charge in [0.15, 0.2) is 0 Å². The van der Waals surface area contributed by atoms with Gasteiger partial charge < -0.3 is 9.30 Å². The number of halogens is 1. The summed E-state index contributed by atoms with van der Waals surface area (Å²) in [6, 6.07) is 14.8. The van der Waals surface area contributed by atoms with Crippen LogP contribution in [0.25, 0.3) is 5.69 Å². The van der Waals surface area contributed by atoms with E-state index in [1.165, 1.54) is 24.4 Å². The number of rotatable bonds is 6. The Bertz CT molecular complexity index is 1100. The number of nitrogens with zero attached hydrogens (tertiary/aromatic N) is 2. The lowest BCUT2D eigenvalue weighted by atomic mass is 10.2. The van der Waals surface area contributed by atoms with Crippen LogP contribution in [0, 0.1) is 19.7 Å². The van der Waals surface area contributed by atoms with E-state index in [9.17, 15) is 14.0 Å². The zero-order chi connectivity index (χ0) is 21.7. The lowest BCUT2D eigenvalue weighted by Gasteiger charge is -2.10. The number of hydrogen-bond donors (Lipinski definition) is 1. The molecular weight excluding hydrogens is 385 g/mol. The van der Waals surface area contributed by atoms with E-state index in [0.29, 0.717) is 12.2 Å². The van der Waals surface area contributed by atoms with Crippen molar-refractivity contribution in [3.8, 4) is 5.69 Å². The van der Waals surface area contributed by atoms with Gasteiger partial charge in [-0.05, 0) is 63.2 Å². The maximum Gasteiger partial charge on any atom is 0.338 e. The molecule has 0 spiro atoms. The van der Waals surface area contributed by atoms with E-state index in [1.54, 1.807) is 25.1 Å². The third-order valence-electron chi connectivity index (χ3n) is 4.60. The molecule has 7 heteroatoms. The maximum atomic E-state index is 13.7. The first-order valence-electron chi connectivity index (χ1n) is 9.46. The molecule has 0 fully saturated rings.